The summed E-state index contributed by atoms with van der Waals surface area (Å²) in [5.41, 5.74) is 2.48. The second-order valence-corrected chi connectivity index (χ2v) is 17.5. The second-order valence-electron chi connectivity index (χ2n) is 17.5. The van der Waals surface area contributed by atoms with Gasteiger partial charge in [-0.1, -0.05) is 74.9 Å². The molecule has 2 heterocycles. The third-order valence-corrected chi connectivity index (χ3v) is 13.7. The fraction of sp³-hybridized carbons (Fsp3) is 0.617. The standard InChI is InChI=1S/C47H67N7O6/c1-30(48-3)41(55)29-36(32-17-7-5-8-18-32)46(59)53-27-15-25-39(53)44(57)50-37-23-13-11-21-34(37)35-22-12-14-24-38(35)51-45(58)40-26-16-28-54(40)47(60)42(33-19-9-6-10-20-33)52-43(56)31(2)49-4/h11-14,21-24,30-33,36,39-40,42,48-49H,5-10,15-20,25-29H2,1-4H3,(H,50,57)(H,51,58)(H,52,56)/t30-,31-,36-,39-,40-,42-/m0/s1. The number of amides is 5. The van der Waals surface area contributed by atoms with Crippen LogP contribution in [-0.2, 0) is 28.8 Å². The van der Waals surface area contributed by atoms with Crippen molar-refractivity contribution in [2.45, 2.75) is 140 Å². The van der Waals surface area contributed by atoms with Crippen LogP contribution in [0.1, 0.15) is 110 Å². The number of likely N-dealkylation sites (N-methyl/N-ethyl adjacent to an activating group) is 2. The van der Waals surface area contributed by atoms with Crippen LogP contribution in [-0.4, -0.2) is 103 Å². The first-order chi connectivity index (χ1) is 29.0. The smallest absolute Gasteiger partial charge is 0.247 e. The lowest BCUT2D eigenvalue weighted by atomic mass is 9.76. The van der Waals surface area contributed by atoms with E-state index in [1.54, 1.807) is 30.8 Å². The van der Waals surface area contributed by atoms with Crippen LogP contribution >= 0.6 is 0 Å². The Balaban J connectivity index is 1.18. The molecule has 4 fully saturated rings. The number of carbonyl (C=O) groups is 6. The number of ketones is 1. The van der Waals surface area contributed by atoms with Crippen molar-refractivity contribution in [3.8, 4) is 11.1 Å². The maximum absolute atomic E-state index is 14.4. The van der Waals surface area contributed by atoms with Crippen LogP contribution in [0, 0.1) is 17.8 Å². The highest BCUT2D eigenvalue weighted by Gasteiger charge is 2.43. The first-order valence-corrected chi connectivity index (χ1v) is 22.6. The van der Waals surface area contributed by atoms with Gasteiger partial charge in [0.05, 0.1) is 12.1 Å². The van der Waals surface area contributed by atoms with E-state index in [1.165, 1.54) is 0 Å². The van der Waals surface area contributed by atoms with Crippen molar-refractivity contribution in [1.29, 1.82) is 0 Å². The number of hydrogen-bond donors (Lipinski definition) is 5. The number of nitrogens with one attached hydrogen (secondary N) is 5. The minimum absolute atomic E-state index is 0.0140. The van der Waals surface area contributed by atoms with E-state index >= 15 is 0 Å². The van der Waals surface area contributed by atoms with Gasteiger partial charge in [0.2, 0.25) is 29.5 Å². The number of carbonyl (C=O) groups excluding carboxylic acids is 6. The van der Waals surface area contributed by atoms with E-state index < -0.39 is 30.1 Å². The van der Waals surface area contributed by atoms with Crippen molar-refractivity contribution < 1.29 is 28.8 Å². The molecule has 2 aromatic carbocycles. The van der Waals surface area contributed by atoms with Crippen molar-refractivity contribution in [2.24, 2.45) is 17.8 Å². The molecule has 2 aliphatic heterocycles. The summed E-state index contributed by atoms with van der Waals surface area (Å²) in [6.45, 7) is 4.49. The van der Waals surface area contributed by atoms with Gasteiger partial charge in [0.25, 0.3) is 0 Å². The molecule has 0 spiro atoms. The molecule has 5 N–H and O–H groups in total. The highest BCUT2D eigenvalue weighted by Crippen LogP contribution is 2.37. The van der Waals surface area contributed by atoms with Crippen molar-refractivity contribution in [1.82, 2.24) is 25.8 Å². The summed E-state index contributed by atoms with van der Waals surface area (Å²) < 4.78 is 0. The Labute approximate surface area is 355 Å². The largest absolute Gasteiger partial charge is 0.343 e. The summed E-state index contributed by atoms with van der Waals surface area (Å²) in [7, 11) is 3.46. The number of likely N-dealkylation sites (tertiary alicyclic amines) is 2. The van der Waals surface area contributed by atoms with Gasteiger partial charge in [-0.3, -0.25) is 28.8 Å². The van der Waals surface area contributed by atoms with E-state index in [9.17, 15) is 28.8 Å². The highest BCUT2D eigenvalue weighted by molar-refractivity contribution is 6.05. The van der Waals surface area contributed by atoms with Gasteiger partial charge in [0, 0.05) is 47.9 Å². The summed E-state index contributed by atoms with van der Waals surface area (Å²) in [5, 5.41) is 15.3. The predicted molar refractivity (Wildman–Crippen MR) is 234 cm³/mol. The Morgan fingerprint density at radius 1 is 0.583 bits per heavy atom. The summed E-state index contributed by atoms with van der Waals surface area (Å²) in [4.78, 5) is 86.6. The van der Waals surface area contributed by atoms with Crippen LogP contribution in [0.25, 0.3) is 11.1 Å². The molecule has 5 amide bonds. The van der Waals surface area contributed by atoms with Gasteiger partial charge in [-0.05, 0) is 103 Å². The molecule has 4 aliphatic rings. The maximum Gasteiger partial charge on any atom is 0.247 e. The lowest BCUT2D eigenvalue weighted by molar-refractivity contribution is -0.144. The molecule has 2 saturated carbocycles. The molecule has 0 radical (unpaired) electrons. The monoisotopic (exact) mass is 826 g/mol. The average molecular weight is 826 g/mol. The van der Waals surface area contributed by atoms with Gasteiger partial charge in [-0.25, -0.2) is 0 Å². The molecular formula is C47H67N7O6. The molecule has 60 heavy (non-hydrogen) atoms. The number of para-hydroxylation sites is 2. The lowest BCUT2D eigenvalue weighted by Crippen LogP contribution is -2.57. The zero-order chi connectivity index (χ0) is 42.8. The van der Waals surface area contributed by atoms with E-state index in [-0.39, 0.29) is 59.6 Å². The van der Waals surface area contributed by atoms with Crippen LogP contribution in [0.5, 0.6) is 0 Å². The Hall–Kier alpha value is -4.62. The van der Waals surface area contributed by atoms with Gasteiger partial charge in [-0.15, -0.1) is 0 Å². The molecule has 0 bridgehead atoms. The van der Waals surface area contributed by atoms with E-state index in [0.29, 0.717) is 61.3 Å². The van der Waals surface area contributed by atoms with Gasteiger partial charge in [0.1, 0.15) is 23.9 Å². The van der Waals surface area contributed by atoms with Gasteiger partial charge in [-0.2, -0.15) is 0 Å². The Bertz CT molecular complexity index is 1710. The van der Waals surface area contributed by atoms with Gasteiger partial charge in [0.15, 0.2) is 0 Å². The maximum atomic E-state index is 14.4. The predicted octanol–water partition coefficient (Wildman–Crippen LogP) is 5.65. The van der Waals surface area contributed by atoms with Crippen LogP contribution < -0.4 is 26.6 Å². The number of rotatable bonds is 16. The molecule has 13 heteroatoms. The molecule has 6 rings (SSSR count). The quantitative estimate of drug-likeness (QED) is 0.145. The number of hydrogen-bond acceptors (Lipinski definition) is 8. The fourth-order valence-electron chi connectivity index (χ4n) is 9.89. The molecule has 0 aromatic heterocycles. The number of nitrogens with zero attached hydrogens (tertiary/aromatic N) is 2. The molecule has 2 saturated heterocycles. The van der Waals surface area contributed by atoms with Crippen molar-refractivity contribution in [3.05, 3.63) is 48.5 Å². The summed E-state index contributed by atoms with van der Waals surface area (Å²) in [6, 6.07) is 12.0. The molecule has 2 aliphatic carbocycles. The molecular weight excluding hydrogens is 759 g/mol. The molecule has 2 aromatic rings. The molecule has 13 nitrogen and oxygen atoms in total. The minimum atomic E-state index is -0.703. The topological polar surface area (TPSA) is 169 Å². The van der Waals surface area contributed by atoms with Crippen LogP contribution in [0.4, 0.5) is 11.4 Å². The second kappa shape index (κ2) is 21.3. The first-order valence-electron chi connectivity index (χ1n) is 22.6. The number of Topliss-reactive ketones (excluding diaryl/α,β-unsaturated/α-hetero) is 1. The zero-order valence-electron chi connectivity index (χ0n) is 36.1. The highest BCUT2D eigenvalue weighted by atomic mass is 16.2. The first kappa shape index (κ1) is 44.9. The Morgan fingerprint density at radius 3 is 1.55 bits per heavy atom. The molecule has 6 atom stereocenters. The zero-order valence-corrected chi connectivity index (χ0v) is 36.1. The fourth-order valence-corrected chi connectivity index (χ4v) is 9.89. The van der Waals surface area contributed by atoms with E-state index in [0.717, 1.165) is 64.2 Å². The van der Waals surface area contributed by atoms with Gasteiger partial charge < -0.3 is 36.4 Å². The SMILES string of the molecule is CN[C@@H](C)C(=O)C[C@H](C(=O)N1CCC[C@H]1C(=O)Nc1ccccc1-c1ccccc1NC(=O)[C@@H]1CCCN1C(=O)[C@@H](NC(=O)[C@H](C)NC)C1CCCCC1)C1CCCCC1. The third-order valence-electron chi connectivity index (χ3n) is 13.7. The minimum Gasteiger partial charge on any atom is -0.343 e. The third kappa shape index (κ3) is 10.6. The van der Waals surface area contributed by atoms with Crippen LogP contribution in [0.2, 0.25) is 0 Å². The van der Waals surface area contributed by atoms with E-state index in [1.807, 2.05) is 55.5 Å². The summed E-state index contributed by atoms with van der Waals surface area (Å²) in [5.74, 6) is -1.42. The van der Waals surface area contributed by atoms with Crippen LogP contribution in [0.3, 0.4) is 0 Å². The van der Waals surface area contributed by atoms with E-state index in [2.05, 4.69) is 26.6 Å². The molecule has 0 unspecified atom stereocenters. The molecule has 326 valence electrons. The Morgan fingerprint density at radius 2 is 1.05 bits per heavy atom. The van der Waals surface area contributed by atoms with Crippen LogP contribution in [0.15, 0.2) is 48.5 Å². The summed E-state index contributed by atoms with van der Waals surface area (Å²) >= 11 is 0. The van der Waals surface area contributed by atoms with Gasteiger partial charge >= 0.3 is 0 Å². The lowest BCUT2D eigenvalue weighted by Gasteiger charge is -2.35. The number of anilines is 2. The van der Waals surface area contributed by atoms with Crippen molar-refractivity contribution in [3.63, 3.8) is 0 Å². The number of benzene rings is 2. The average Bonchev–Trinajstić information content (AvgIpc) is 3.99. The van der Waals surface area contributed by atoms with E-state index in [4.69, 9.17) is 0 Å². The van der Waals surface area contributed by atoms with Crippen molar-refractivity contribution in [2.75, 3.05) is 37.8 Å². The van der Waals surface area contributed by atoms with Crippen molar-refractivity contribution >= 4 is 46.7 Å². The summed E-state index contributed by atoms with van der Waals surface area (Å²) in [6.07, 6.45) is 12.4. The Kier molecular flexibility index (Phi) is 15.9. The normalized spacial score (nSPS) is 22.1.